The maximum Gasteiger partial charge on any atom is 0.134 e. The number of thioether (sulfide) groups is 1. The fraction of sp³-hybridized carbons (Fsp3) is 0.105. The standard InChI is InChI=1S/C19H15N3S3/c1-13-18(25-19(20-13)16-8-5-11-23-16)15-9-10-17(22-21-15)24-12-14-6-3-2-4-7-14/h2-11H,12H2,1H3. The Hall–Kier alpha value is -2.02. The van der Waals surface area contributed by atoms with Crippen molar-refractivity contribution in [3.8, 4) is 20.5 Å². The smallest absolute Gasteiger partial charge is 0.134 e. The summed E-state index contributed by atoms with van der Waals surface area (Å²) < 4.78 is 0. The maximum absolute atomic E-state index is 4.68. The van der Waals surface area contributed by atoms with E-state index in [0.717, 1.165) is 32.1 Å². The summed E-state index contributed by atoms with van der Waals surface area (Å²) in [6, 6.07) is 18.6. The Morgan fingerprint density at radius 1 is 0.960 bits per heavy atom. The highest BCUT2D eigenvalue weighted by Crippen LogP contribution is 2.36. The number of nitrogens with zero attached hydrogens (tertiary/aromatic N) is 3. The van der Waals surface area contributed by atoms with Crippen molar-refractivity contribution in [3.63, 3.8) is 0 Å². The van der Waals surface area contributed by atoms with E-state index >= 15 is 0 Å². The number of thiophene rings is 1. The van der Waals surface area contributed by atoms with Crippen LogP contribution >= 0.6 is 34.4 Å². The van der Waals surface area contributed by atoms with Crippen LogP contribution in [0.3, 0.4) is 0 Å². The summed E-state index contributed by atoms with van der Waals surface area (Å²) >= 11 is 5.09. The number of aryl methyl sites for hydroxylation is 1. The molecule has 0 amide bonds. The van der Waals surface area contributed by atoms with Crippen LogP contribution in [0.15, 0.2) is 65.0 Å². The molecule has 0 bridgehead atoms. The molecule has 0 atom stereocenters. The third-order valence-electron chi connectivity index (χ3n) is 3.63. The molecule has 3 aromatic heterocycles. The first-order chi connectivity index (χ1) is 12.3. The first-order valence-electron chi connectivity index (χ1n) is 7.82. The van der Waals surface area contributed by atoms with E-state index in [2.05, 4.69) is 57.0 Å². The lowest BCUT2D eigenvalue weighted by molar-refractivity contribution is 0.936. The number of hydrogen-bond donors (Lipinski definition) is 0. The molecular formula is C19H15N3S3. The van der Waals surface area contributed by atoms with Gasteiger partial charge < -0.3 is 0 Å². The van der Waals surface area contributed by atoms with E-state index in [1.165, 1.54) is 10.4 Å². The van der Waals surface area contributed by atoms with Gasteiger partial charge in [-0.25, -0.2) is 4.98 Å². The second-order valence-corrected chi connectivity index (χ2v) is 8.38. The Morgan fingerprint density at radius 3 is 2.56 bits per heavy atom. The zero-order chi connectivity index (χ0) is 17.1. The Balaban J connectivity index is 1.50. The van der Waals surface area contributed by atoms with Crippen LogP contribution in [0.4, 0.5) is 0 Å². The molecule has 124 valence electrons. The van der Waals surface area contributed by atoms with Gasteiger partial charge in [0.05, 0.1) is 15.4 Å². The number of rotatable bonds is 5. The number of thiazole rings is 1. The lowest BCUT2D eigenvalue weighted by Crippen LogP contribution is -1.90. The van der Waals surface area contributed by atoms with Crippen LogP contribution < -0.4 is 0 Å². The van der Waals surface area contributed by atoms with Crippen LogP contribution in [0.1, 0.15) is 11.3 Å². The Labute approximate surface area is 158 Å². The Bertz CT molecular complexity index is 946. The van der Waals surface area contributed by atoms with Gasteiger partial charge in [0.15, 0.2) is 0 Å². The maximum atomic E-state index is 4.68. The molecular weight excluding hydrogens is 366 g/mol. The average molecular weight is 382 g/mol. The summed E-state index contributed by atoms with van der Waals surface area (Å²) in [7, 11) is 0. The van der Waals surface area contributed by atoms with Gasteiger partial charge in [0.2, 0.25) is 0 Å². The third kappa shape index (κ3) is 3.81. The van der Waals surface area contributed by atoms with Gasteiger partial charge in [0.25, 0.3) is 0 Å². The SMILES string of the molecule is Cc1nc(-c2cccs2)sc1-c1ccc(SCc2ccccc2)nn1. The van der Waals surface area contributed by atoms with E-state index in [0.29, 0.717) is 0 Å². The van der Waals surface area contributed by atoms with Crippen molar-refractivity contribution >= 4 is 34.4 Å². The first-order valence-corrected chi connectivity index (χ1v) is 10.5. The van der Waals surface area contributed by atoms with Gasteiger partial charge in [-0.2, -0.15) is 0 Å². The van der Waals surface area contributed by atoms with E-state index in [1.54, 1.807) is 34.4 Å². The van der Waals surface area contributed by atoms with Crippen LogP contribution in [0.5, 0.6) is 0 Å². The topological polar surface area (TPSA) is 38.7 Å². The van der Waals surface area contributed by atoms with Crippen LogP contribution in [0.25, 0.3) is 20.5 Å². The van der Waals surface area contributed by atoms with Gasteiger partial charge in [0.1, 0.15) is 15.7 Å². The van der Waals surface area contributed by atoms with E-state index in [1.807, 2.05) is 25.1 Å². The average Bonchev–Trinajstić information content (AvgIpc) is 3.31. The molecule has 4 aromatic rings. The molecule has 6 heteroatoms. The van der Waals surface area contributed by atoms with Gasteiger partial charge in [-0.15, -0.1) is 32.9 Å². The normalized spacial score (nSPS) is 10.9. The molecule has 0 saturated heterocycles. The monoisotopic (exact) mass is 381 g/mol. The van der Waals surface area contributed by atoms with Crippen molar-refractivity contribution in [2.45, 2.75) is 17.7 Å². The fourth-order valence-electron chi connectivity index (χ4n) is 2.39. The first kappa shape index (κ1) is 16.4. The van der Waals surface area contributed by atoms with Crippen LogP contribution in [0, 0.1) is 6.92 Å². The van der Waals surface area contributed by atoms with Gasteiger partial charge in [-0.1, -0.05) is 48.2 Å². The summed E-state index contributed by atoms with van der Waals surface area (Å²) in [5.74, 6) is 0.900. The molecule has 25 heavy (non-hydrogen) atoms. The van der Waals surface area contributed by atoms with Crippen molar-refractivity contribution in [3.05, 3.63) is 71.2 Å². The molecule has 0 radical (unpaired) electrons. The highest BCUT2D eigenvalue weighted by atomic mass is 32.2. The molecule has 0 aliphatic carbocycles. The molecule has 0 aliphatic rings. The fourth-order valence-corrected chi connectivity index (χ4v) is 4.99. The van der Waals surface area contributed by atoms with E-state index < -0.39 is 0 Å². The molecule has 4 rings (SSSR count). The molecule has 0 fully saturated rings. The highest BCUT2D eigenvalue weighted by Gasteiger charge is 2.13. The molecule has 0 aliphatic heterocycles. The van der Waals surface area contributed by atoms with Crippen molar-refractivity contribution in [1.29, 1.82) is 0 Å². The second kappa shape index (κ2) is 7.47. The zero-order valence-corrected chi connectivity index (χ0v) is 16.0. The highest BCUT2D eigenvalue weighted by molar-refractivity contribution is 7.98. The largest absolute Gasteiger partial charge is 0.240 e. The van der Waals surface area contributed by atoms with Gasteiger partial charge >= 0.3 is 0 Å². The second-order valence-electron chi connectivity index (χ2n) is 5.44. The van der Waals surface area contributed by atoms with Gasteiger partial charge in [-0.05, 0) is 36.1 Å². The molecule has 0 N–H and O–H groups in total. The third-order valence-corrected chi connectivity index (χ3v) is 6.84. The van der Waals surface area contributed by atoms with Gasteiger partial charge in [0, 0.05) is 5.75 Å². The van der Waals surface area contributed by atoms with Crippen LogP contribution in [-0.4, -0.2) is 15.2 Å². The van der Waals surface area contributed by atoms with Gasteiger partial charge in [-0.3, -0.25) is 0 Å². The van der Waals surface area contributed by atoms with Crippen molar-refractivity contribution in [1.82, 2.24) is 15.2 Å². The van der Waals surface area contributed by atoms with E-state index in [4.69, 9.17) is 0 Å². The minimum Gasteiger partial charge on any atom is -0.240 e. The zero-order valence-electron chi connectivity index (χ0n) is 13.5. The summed E-state index contributed by atoms with van der Waals surface area (Å²) in [6.45, 7) is 2.03. The number of aromatic nitrogens is 3. The van der Waals surface area contributed by atoms with Crippen LogP contribution in [0.2, 0.25) is 0 Å². The van der Waals surface area contributed by atoms with E-state index in [9.17, 15) is 0 Å². The minimum absolute atomic E-state index is 0.891. The number of benzene rings is 1. The van der Waals surface area contributed by atoms with Crippen molar-refractivity contribution in [2.24, 2.45) is 0 Å². The minimum atomic E-state index is 0.891. The molecule has 3 nitrogen and oxygen atoms in total. The summed E-state index contributed by atoms with van der Waals surface area (Å²) in [5.41, 5.74) is 3.19. The van der Waals surface area contributed by atoms with Crippen LogP contribution in [-0.2, 0) is 5.75 Å². The summed E-state index contributed by atoms with van der Waals surface area (Å²) in [6.07, 6.45) is 0. The van der Waals surface area contributed by atoms with Crippen molar-refractivity contribution < 1.29 is 0 Å². The summed E-state index contributed by atoms with van der Waals surface area (Å²) in [4.78, 5) is 6.97. The lowest BCUT2D eigenvalue weighted by Gasteiger charge is -2.02. The predicted octanol–water partition coefficient (Wildman–Crippen LogP) is 5.93. The quantitative estimate of drug-likeness (QED) is 0.402. The number of hydrogen-bond acceptors (Lipinski definition) is 6. The Kier molecular flexibility index (Phi) is 4.92. The molecule has 0 unspecified atom stereocenters. The molecule has 1 aromatic carbocycles. The Morgan fingerprint density at radius 2 is 1.84 bits per heavy atom. The predicted molar refractivity (Wildman–Crippen MR) is 107 cm³/mol. The molecule has 0 spiro atoms. The molecule has 0 saturated carbocycles. The lowest BCUT2D eigenvalue weighted by atomic mass is 10.2. The van der Waals surface area contributed by atoms with E-state index in [-0.39, 0.29) is 0 Å². The summed E-state index contributed by atoms with van der Waals surface area (Å²) in [5, 5.41) is 12.9. The van der Waals surface area contributed by atoms with Crippen molar-refractivity contribution in [2.75, 3.05) is 0 Å². The molecule has 3 heterocycles.